The second kappa shape index (κ2) is 7.79. The van der Waals surface area contributed by atoms with Crippen LogP contribution in [0.3, 0.4) is 0 Å². The highest BCUT2D eigenvalue weighted by Gasteiger charge is 2.20. The average molecular weight is 218 g/mol. The molecule has 1 N–H and O–H groups in total. The lowest BCUT2D eigenvalue weighted by Crippen LogP contribution is -2.32. The predicted molar refractivity (Wildman–Crippen MR) is 57.8 cm³/mol. The fourth-order valence-corrected chi connectivity index (χ4v) is 1.14. The van der Waals surface area contributed by atoms with Gasteiger partial charge in [-0.15, -0.1) is 0 Å². The number of hydrogen-bond donors (Lipinski definition) is 1. The van der Waals surface area contributed by atoms with Crippen molar-refractivity contribution in [3.05, 3.63) is 0 Å². The monoisotopic (exact) mass is 218 g/mol. The van der Waals surface area contributed by atoms with Gasteiger partial charge in [-0.25, -0.2) is 0 Å². The van der Waals surface area contributed by atoms with Crippen molar-refractivity contribution < 1.29 is 19.4 Å². The Morgan fingerprint density at radius 1 is 1.40 bits per heavy atom. The highest BCUT2D eigenvalue weighted by molar-refractivity contribution is 5.78. The first-order valence-corrected chi connectivity index (χ1v) is 5.35. The summed E-state index contributed by atoms with van der Waals surface area (Å²) in [6.07, 6.45) is -0.0759. The van der Waals surface area contributed by atoms with Crippen LogP contribution in [0.1, 0.15) is 33.6 Å². The summed E-state index contributed by atoms with van der Waals surface area (Å²) in [6.45, 7) is 5.56. The molecule has 4 nitrogen and oxygen atoms in total. The minimum Gasteiger partial charge on any atom is -0.391 e. The van der Waals surface area contributed by atoms with Gasteiger partial charge in [0, 0.05) is 20.0 Å². The van der Waals surface area contributed by atoms with Gasteiger partial charge >= 0.3 is 0 Å². The number of ketones is 1. The number of Topliss-reactive ketones (excluding diaryl/α,β-unsaturated/α-hetero) is 1. The molecule has 0 amide bonds. The molecule has 0 aliphatic carbocycles. The normalized spacial score (nSPS) is 17.1. The summed E-state index contributed by atoms with van der Waals surface area (Å²) in [5, 5.41) is 9.10. The molecule has 0 heterocycles. The number of hydrogen-bond acceptors (Lipinski definition) is 4. The first-order chi connectivity index (χ1) is 7.01. The standard InChI is InChI=1S/C11H22O4/c1-5-10(13)6-11(9(3)14-4)15-7-8(2)12/h8-9,11-12H,5-7H2,1-4H3. The molecule has 0 aromatic rings. The quantitative estimate of drug-likeness (QED) is 0.664. The van der Waals surface area contributed by atoms with Crippen molar-refractivity contribution in [3.63, 3.8) is 0 Å². The summed E-state index contributed by atoms with van der Waals surface area (Å²) >= 11 is 0. The molecule has 15 heavy (non-hydrogen) atoms. The van der Waals surface area contributed by atoms with Crippen LogP contribution < -0.4 is 0 Å². The van der Waals surface area contributed by atoms with E-state index in [4.69, 9.17) is 14.6 Å². The van der Waals surface area contributed by atoms with E-state index in [1.54, 1.807) is 14.0 Å². The van der Waals surface area contributed by atoms with E-state index < -0.39 is 6.10 Å². The topological polar surface area (TPSA) is 55.8 Å². The van der Waals surface area contributed by atoms with Crippen LogP contribution in [-0.2, 0) is 14.3 Å². The molecule has 0 fully saturated rings. The van der Waals surface area contributed by atoms with Gasteiger partial charge in [-0.3, -0.25) is 4.79 Å². The maximum absolute atomic E-state index is 11.3. The number of methoxy groups -OCH3 is 1. The van der Waals surface area contributed by atoms with Gasteiger partial charge in [-0.05, 0) is 13.8 Å². The maximum Gasteiger partial charge on any atom is 0.135 e. The zero-order chi connectivity index (χ0) is 11.8. The second-order valence-electron chi connectivity index (χ2n) is 3.76. The highest BCUT2D eigenvalue weighted by atomic mass is 16.5. The number of aliphatic hydroxyl groups is 1. The average Bonchev–Trinajstić information content (AvgIpc) is 2.22. The first-order valence-electron chi connectivity index (χ1n) is 5.35. The van der Waals surface area contributed by atoms with Gasteiger partial charge in [0.25, 0.3) is 0 Å². The fourth-order valence-electron chi connectivity index (χ4n) is 1.14. The molecule has 0 spiro atoms. The lowest BCUT2D eigenvalue weighted by Gasteiger charge is -2.23. The van der Waals surface area contributed by atoms with Crippen LogP contribution in [0, 0.1) is 0 Å². The van der Waals surface area contributed by atoms with E-state index in [9.17, 15) is 4.79 Å². The predicted octanol–water partition coefficient (Wildman–Crippen LogP) is 1.16. The Labute approximate surface area is 91.6 Å². The molecule has 0 radical (unpaired) electrons. The Morgan fingerprint density at radius 2 is 2.00 bits per heavy atom. The summed E-state index contributed by atoms with van der Waals surface area (Å²) in [5.41, 5.74) is 0. The van der Waals surface area contributed by atoms with Gasteiger partial charge in [0.15, 0.2) is 0 Å². The maximum atomic E-state index is 11.3. The first kappa shape index (κ1) is 14.6. The number of rotatable bonds is 8. The van der Waals surface area contributed by atoms with Crippen LogP contribution in [0.15, 0.2) is 0 Å². The third-order valence-corrected chi connectivity index (χ3v) is 2.27. The van der Waals surface area contributed by atoms with E-state index in [0.29, 0.717) is 12.8 Å². The van der Waals surface area contributed by atoms with Gasteiger partial charge < -0.3 is 14.6 Å². The Bertz CT molecular complexity index is 179. The van der Waals surface area contributed by atoms with E-state index in [-0.39, 0.29) is 24.6 Å². The van der Waals surface area contributed by atoms with Crippen molar-refractivity contribution in [1.29, 1.82) is 0 Å². The zero-order valence-corrected chi connectivity index (χ0v) is 10.0. The summed E-state index contributed by atoms with van der Waals surface area (Å²) < 4.78 is 10.6. The minimum absolute atomic E-state index is 0.140. The van der Waals surface area contributed by atoms with Crippen molar-refractivity contribution in [3.8, 4) is 0 Å². The number of ether oxygens (including phenoxy) is 2. The molecule has 3 atom stereocenters. The Kier molecular flexibility index (Phi) is 7.56. The van der Waals surface area contributed by atoms with Gasteiger partial charge in [-0.1, -0.05) is 6.92 Å². The van der Waals surface area contributed by atoms with Gasteiger partial charge in [0.05, 0.1) is 24.9 Å². The molecule has 0 rings (SSSR count). The molecule has 0 aliphatic rings. The molecule has 0 bridgehead atoms. The number of carbonyl (C=O) groups is 1. The van der Waals surface area contributed by atoms with Crippen molar-refractivity contribution in [2.24, 2.45) is 0 Å². The molecular weight excluding hydrogens is 196 g/mol. The third kappa shape index (κ3) is 6.60. The van der Waals surface area contributed by atoms with E-state index in [2.05, 4.69) is 0 Å². The molecule has 90 valence electrons. The van der Waals surface area contributed by atoms with Crippen molar-refractivity contribution in [2.45, 2.75) is 51.9 Å². The van der Waals surface area contributed by atoms with Crippen molar-refractivity contribution in [1.82, 2.24) is 0 Å². The number of aliphatic hydroxyl groups excluding tert-OH is 1. The van der Waals surface area contributed by atoms with Gasteiger partial charge in [-0.2, -0.15) is 0 Å². The van der Waals surface area contributed by atoms with E-state index >= 15 is 0 Å². The van der Waals surface area contributed by atoms with E-state index in [0.717, 1.165) is 0 Å². The molecule has 4 heteroatoms. The summed E-state index contributed by atoms with van der Waals surface area (Å²) in [5.74, 6) is 0.148. The summed E-state index contributed by atoms with van der Waals surface area (Å²) in [4.78, 5) is 11.3. The van der Waals surface area contributed by atoms with Gasteiger partial charge in [0.1, 0.15) is 5.78 Å². The van der Waals surface area contributed by atoms with Crippen LogP contribution in [0.5, 0.6) is 0 Å². The molecule has 0 aliphatic heterocycles. The second-order valence-corrected chi connectivity index (χ2v) is 3.76. The summed E-state index contributed by atoms with van der Waals surface area (Å²) in [6, 6.07) is 0. The Balaban J connectivity index is 4.12. The molecule has 0 saturated heterocycles. The summed E-state index contributed by atoms with van der Waals surface area (Å²) in [7, 11) is 1.58. The van der Waals surface area contributed by atoms with Crippen LogP contribution in [0.4, 0.5) is 0 Å². The van der Waals surface area contributed by atoms with E-state index in [1.165, 1.54) is 0 Å². The van der Waals surface area contributed by atoms with Crippen LogP contribution in [0.25, 0.3) is 0 Å². The zero-order valence-electron chi connectivity index (χ0n) is 10.0. The van der Waals surface area contributed by atoms with Crippen LogP contribution in [-0.4, -0.2) is 42.9 Å². The smallest absolute Gasteiger partial charge is 0.135 e. The van der Waals surface area contributed by atoms with Crippen molar-refractivity contribution in [2.75, 3.05) is 13.7 Å². The molecule has 3 unspecified atom stereocenters. The Morgan fingerprint density at radius 3 is 2.40 bits per heavy atom. The molecular formula is C11H22O4. The van der Waals surface area contributed by atoms with Crippen LogP contribution >= 0.6 is 0 Å². The molecule has 0 aromatic carbocycles. The third-order valence-electron chi connectivity index (χ3n) is 2.27. The minimum atomic E-state index is -0.520. The number of carbonyl (C=O) groups excluding carboxylic acids is 1. The molecule has 0 saturated carbocycles. The largest absolute Gasteiger partial charge is 0.391 e. The van der Waals surface area contributed by atoms with Crippen LogP contribution in [0.2, 0.25) is 0 Å². The van der Waals surface area contributed by atoms with Gasteiger partial charge in [0.2, 0.25) is 0 Å². The lowest BCUT2D eigenvalue weighted by atomic mass is 10.1. The highest BCUT2D eigenvalue weighted by Crippen LogP contribution is 2.10. The fraction of sp³-hybridized carbons (Fsp3) is 0.909. The van der Waals surface area contributed by atoms with E-state index in [1.807, 2.05) is 13.8 Å². The lowest BCUT2D eigenvalue weighted by molar-refractivity contribution is -0.127. The SMILES string of the molecule is CCC(=O)CC(OCC(C)O)C(C)OC. The Hall–Kier alpha value is -0.450. The van der Waals surface area contributed by atoms with Crippen molar-refractivity contribution >= 4 is 5.78 Å². The molecule has 0 aromatic heterocycles.